The maximum absolute atomic E-state index is 14.8. The van der Waals surface area contributed by atoms with Gasteiger partial charge in [0.1, 0.15) is 0 Å². The van der Waals surface area contributed by atoms with Crippen molar-refractivity contribution >= 4 is 11.9 Å². The normalized spacial score (nSPS) is 17.5. The van der Waals surface area contributed by atoms with E-state index in [9.17, 15) is 88.6 Å². The van der Waals surface area contributed by atoms with Crippen molar-refractivity contribution in [2.24, 2.45) is 5.41 Å². The minimum atomic E-state index is -9.42. The van der Waals surface area contributed by atoms with Gasteiger partial charge < -0.3 is 10.2 Å². The summed E-state index contributed by atoms with van der Waals surface area (Å²) in [6.45, 7) is 0. The van der Waals surface area contributed by atoms with Gasteiger partial charge in [0.15, 0.2) is 0 Å². The van der Waals surface area contributed by atoms with Crippen LogP contribution in [0.4, 0.5) is 79.0 Å². The van der Waals surface area contributed by atoms with Crippen LogP contribution in [-0.2, 0) is 9.59 Å². The van der Waals surface area contributed by atoms with Gasteiger partial charge in [-0.25, -0.2) is 4.39 Å². The molecule has 2 N–H and O–H groups in total. The molecule has 0 radical (unpaired) electrons. The first kappa shape index (κ1) is 30.7. The van der Waals surface area contributed by atoms with Crippen molar-refractivity contribution in [1.82, 2.24) is 0 Å². The fraction of sp³-hybridized carbons (Fsp3) is 0.818. The largest absolute Gasteiger partial charge is 0.480 e. The fourth-order valence-corrected chi connectivity index (χ4v) is 2.34. The van der Waals surface area contributed by atoms with E-state index in [2.05, 4.69) is 0 Å². The van der Waals surface area contributed by atoms with Crippen molar-refractivity contribution < 1.29 is 98.8 Å². The Labute approximate surface area is 165 Å². The average molecular weight is 540 g/mol. The van der Waals surface area contributed by atoms with Gasteiger partial charge in [-0.2, -0.15) is 74.6 Å². The Morgan fingerprint density at radius 1 is 0.394 bits per heavy atom. The Morgan fingerprint density at radius 3 is 0.818 bits per heavy atom. The lowest BCUT2D eigenvalue weighted by Crippen LogP contribution is -2.84. The van der Waals surface area contributed by atoms with Crippen LogP contribution in [0.15, 0.2) is 0 Å². The zero-order valence-corrected chi connectivity index (χ0v) is 14.0. The first-order valence-electron chi connectivity index (χ1n) is 6.76. The third kappa shape index (κ3) is 3.41. The molecule has 0 spiro atoms. The highest BCUT2D eigenvalue weighted by molar-refractivity contribution is 6.02. The summed E-state index contributed by atoms with van der Waals surface area (Å²) in [7, 11) is 0. The molecule has 196 valence electrons. The number of alkyl halides is 18. The lowest BCUT2D eigenvalue weighted by molar-refractivity contribution is -0.457. The van der Waals surface area contributed by atoms with Crippen molar-refractivity contribution in [3.63, 3.8) is 0 Å². The van der Waals surface area contributed by atoms with Crippen LogP contribution in [0.25, 0.3) is 0 Å². The van der Waals surface area contributed by atoms with E-state index in [1.807, 2.05) is 0 Å². The van der Waals surface area contributed by atoms with Gasteiger partial charge in [0.25, 0.3) is 11.1 Å². The molecule has 0 bridgehead atoms. The summed E-state index contributed by atoms with van der Waals surface area (Å²) >= 11 is 0. The van der Waals surface area contributed by atoms with Crippen LogP contribution in [0.1, 0.15) is 0 Å². The number of hydrogen-bond acceptors (Lipinski definition) is 2. The van der Waals surface area contributed by atoms with Crippen LogP contribution in [0.2, 0.25) is 0 Å². The summed E-state index contributed by atoms with van der Waals surface area (Å²) in [6, 6.07) is 0. The van der Waals surface area contributed by atoms with Crippen molar-refractivity contribution in [1.29, 1.82) is 0 Å². The highest BCUT2D eigenvalue weighted by atomic mass is 19.4. The van der Waals surface area contributed by atoms with Gasteiger partial charge in [0.05, 0.1) is 0 Å². The maximum atomic E-state index is 14.8. The van der Waals surface area contributed by atoms with Crippen LogP contribution in [0, 0.1) is 5.41 Å². The number of carboxylic acid groups (broad SMARTS) is 2. The highest BCUT2D eigenvalue weighted by Crippen LogP contribution is 2.70. The molecule has 1 unspecified atom stereocenters. The highest BCUT2D eigenvalue weighted by Gasteiger charge is 3.02. The first-order chi connectivity index (χ1) is 13.9. The Hall–Kier alpha value is -2.32. The molecule has 0 aliphatic carbocycles. The van der Waals surface area contributed by atoms with Gasteiger partial charge >= 0.3 is 54.2 Å². The van der Waals surface area contributed by atoms with E-state index < -0.39 is 65.2 Å². The van der Waals surface area contributed by atoms with Crippen LogP contribution >= 0.6 is 0 Å². The summed E-state index contributed by atoms with van der Waals surface area (Å²) in [6.07, 6.45) is -25.0. The second-order valence-electron chi connectivity index (χ2n) is 5.81. The minimum Gasteiger partial charge on any atom is -0.480 e. The molecule has 33 heavy (non-hydrogen) atoms. The van der Waals surface area contributed by atoms with Crippen LogP contribution in [0.3, 0.4) is 0 Å². The summed E-state index contributed by atoms with van der Waals surface area (Å²) < 4.78 is 235. The molecule has 0 aromatic rings. The predicted octanol–water partition coefficient (Wildman–Crippen LogP) is 5.08. The van der Waals surface area contributed by atoms with Gasteiger partial charge in [-0.05, 0) is 0 Å². The van der Waals surface area contributed by atoms with Crippen LogP contribution in [0.5, 0.6) is 0 Å². The van der Waals surface area contributed by atoms with Crippen molar-refractivity contribution in [3.8, 4) is 0 Å². The van der Waals surface area contributed by atoms with Gasteiger partial charge in [-0.3, -0.25) is 9.59 Å². The van der Waals surface area contributed by atoms with E-state index in [0.29, 0.717) is 0 Å². The molecule has 0 aromatic carbocycles. The van der Waals surface area contributed by atoms with Crippen LogP contribution in [-0.4, -0.2) is 70.0 Å². The molecule has 0 heterocycles. The molecule has 0 aliphatic rings. The van der Waals surface area contributed by atoms with E-state index in [4.69, 9.17) is 10.2 Å². The predicted molar refractivity (Wildman–Crippen MR) is 59.5 cm³/mol. The van der Waals surface area contributed by atoms with E-state index >= 15 is 0 Å². The molecule has 0 saturated carbocycles. The van der Waals surface area contributed by atoms with Crippen molar-refractivity contribution in [3.05, 3.63) is 0 Å². The first-order valence-corrected chi connectivity index (χ1v) is 6.76. The Balaban J connectivity index is 8.53. The molecule has 22 heteroatoms. The standard InChI is InChI=1S/C11H2F18O4/c12-4(7(17,18)10(24,25)26,6(15,16)8(19,20)11(27,28)29)3(1(30)31,2(32)33)5(13,14)9(21,22)23/h(H,30,31)(H,32,33). The fourth-order valence-electron chi connectivity index (χ4n) is 2.34. The summed E-state index contributed by atoms with van der Waals surface area (Å²) in [5.74, 6) is -46.3. The third-order valence-electron chi connectivity index (χ3n) is 3.96. The zero-order chi connectivity index (χ0) is 27.7. The topological polar surface area (TPSA) is 74.6 Å². The summed E-state index contributed by atoms with van der Waals surface area (Å²) in [5, 5.41) is 16.7. The molecule has 0 fully saturated rings. The minimum absolute atomic E-state index is 5.26. The lowest BCUT2D eigenvalue weighted by atomic mass is 9.60. The second-order valence-corrected chi connectivity index (χ2v) is 5.81. The molecule has 1 atom stereocenters. The average Bonchev–Trinajstić information content (AvgIpc) is 2.50. The number of rotatable bonds is 7. The van der Waals surface area contributed by atoms with E-state index in [1.54, 1.807) is 0 Å². The lowest BCUT2D eigenvalue weighted by Gasteiger charge is -2.50. The number of carboxylic acids is 2. The molecular formula is C11H2F18O4. The smallest absolute Gasteiger partial charge is 0.460 e. The van der Waals surface area contributed by atoms with E-state index in [1.165, 1.54) is 0 Å². The van der Waals surface area contributed by atoms with Gasteiger partial charge in [0, 0.05) is 0 Å². The maximum Gasteiger partial charge on any atom is 0.460 e. The molecule has 4 nitrogen and oxygen atoms in total. The zero-order valence-electron chi connectivity index (χ0n) is 14.0. The molecule has 0 aromatic heterocycles. The Bertz CT molecular complexity index is 775. The number of carbonyl (C=O) groups is 2. The molecule has 0 aliphatic heterocycles. The Morgan fingerprint density at radius 2 is 0.636 bits per heavy atom. The molecule has 0 rings (SSSR count). The Kier molecular flexibility index (Phi) is 6.82. The van der Waals surface area contributed by atoms with Gasteiger partial charge in [-0.1, -0.05) is 0 Å². The molecule has 0 saturated heterocycles. The number of halogens is 18. The van der Waals surface area contributed by atoms with E-state index in [-0.39, 0.29) is 0 Å². The van der Waals surface area contributed by atoms with Crippen molar-refractivity contribution in [2.75, 3.05) is 0 Å². The van der Waals surface area contributed by atoms with Crippen molar-refractivity contribution in [2.45, 2.75) is 47.9 Å². The SMILES string of the molecule is O=C(O)C(C(=O)O)(C(F)(F)C(F)(F)F)C(F)(C(F)(F)C(F)(F)F)C(F)(F)C(F)(F)C(F)(F)F. The number of hydrogen-bond donors (Lipinski definition) is 2. The third-order valence-corrected chi connectivity index (χ3v) is 3.96. The van der Waals surface area contributed by atoms with Gasteiger partial charge in [0.2, 0.25) is 0 Å². The van der Waals surface area contributed by atoms with Crippen LogP contribution < -0.4 is 0 Å². The monoisotopic (exact) mass is 540 g/mol. The van der Waals surface area contributed by atoms with Gasteiger partial charge in [-0.15, -0.1) is 0 Å². The summed E-state index contributed by atoms with van der Waals surface area (Å²) in [5.41, 5.74) is -17.8. The summed E-state index contributed by atoms with van der Waals surface area (Å²) in [4.78, 5) is 21.7. The quantitative estimate of drug-likeness (QED) is 0.349. The molecule has 0 amide bonds. The van der Waals surface area contributed by atoms with E-state index in [0.717, 1.165) is 0 Å². The second kappa shape index (κ2) is 7.34. The molecular weight excluding hydrogens is 538 g/mol. The number of aliphatic carboxylic acids is 2.